The molecule has 0 radical (unpaired) electrons. The average molecular weight is 301 g/mol. The molecule has 2 N–H and O–H groups in total. The first-order valence-corrected chi connectivity index (χ1v) is 7.59. The van der Waals surface area contributed by atoms with Crippen LogP contribution in [0, 0.1) is 11.8 Å². The number of hydrogen-bond acceptors (Lipinski definition) is 2. The van der Waals surface area contributed by atoms with Gasteiger partial charge in [0, 0.05) is 5.69 Å². The van der Waals surface area contributed by atoms with Crippen molar-refractivity contribution in [1.82, 2.24) is 0 Å². The summed E-state index contributed by atoms with van der Waals surface area (Å²) in [6.07, 6.45) is 4.61. The maximum Gasteiger partial charge on any atom is 0.307 e. The summed E-state index contributed by atoms with van der Waals surface area (Å²) in [5, 5.41) is 12.2. The molecule has 22 heavy (non-hydrogen) atoms. The van der Waals surface area contributed by atoms with E-state index in [1.807, 2.05) is 36.4 Å². The molecule has 118 valence electrons. The number of para-hydroxylation sites is 1. The van der Waals surface area contributed by atoms with Crippen molar-refractivity contribution in [1.29, 1.82) is 0 Å². The van der Waals surface area contributed by atoms with Crippen LogP contribution < -0.4 is 5.32 Å². The van der Waals surface area contributed by atoms with Gasteiger partial charge in [-0.2, -0.15) is 0 Å². The van der Waals surface area contributed by atoms with Crippen molar-refractivity contribution in [3.05, 3.63) is 42.0 Å². The zero-order valence-corrected chi connectivity index (χ0v) is 13.3. The minimum Gasteiger partial charge on any atom is -0.481 e. The second-order valence-electron chi connectivity index (χ2n) is 6.78. The van der Waals surface area contributed by atoms with Gasteiger partial charge >= 0.3 is 5.97 Å². The first-order valence-electron chi connectivity index (χ1n) is 7.59. The molecule has 0 aliphatic heterocycles. The minimum atomic E-state index is -0.909. The molecule has 1 aromatic rings. The standard InChI is InChI=1S/C18H23NO3/c1-18(2,3)14-10-6-7-11-15(14)19-16(20)12-8-4-5-9-13(12)17(21)22/h4-7,10-13H,8-9H2,1-3H3,(H,19,20)(H,21,22)/t12-,13-/m0/s1. The van der Waals surface area contributed by atoms with E-state index in [-0.39, 0.29) is 11.3 Å². The van der Waals surface area contributed by atoms with Gasteiger partial charge in [-0.25, -0.2) is 0 Å². The summed E-state index contributed by atoms with van der Waals surface area (Å²) in [6, 6.07) is 7.68. The fourth-order valence-corrected chi connectivity index (χ4v) is 2.85. The molecule has 1 aliphatic carbocycles. The minimum absolute atomic E-state index is 0.0947. The molecule has 2 atom stereocenters. The van der Waals surface area contributed by atoms with Crippen molar-refractivity contribution in [3.8, 4) is 0 Å². The SMILES string of the molecule is CC(C)(C)c1ccccc1NC(=O)[C@H]1CC=CC[C@@H]1C(=O)O. The summed E-state index contributed by atoms with van der Waals surface area (Å²) in [6.45, 7) is 6.25. The number of allylic oxidation sites excluding steroid dienone is 2. The lowest BCUT2D eigenvalue weighted by Gasteiger charge is -2.27. The van der Waals surface area contributed by atoms with Crippen LogP contribution in [-0.4, -0.2) is 17.0 Å². The molecule has 0 unspecified atom stereocenters. The topological polar surface area (TPSA) is 66.4 Å². The summed E-state index contributed by atoms with van der Waals surface area (Å²) in [7, 11) is 0. The van der Waals surface area contributed by atoms with E-state index in [9.17, 15) is 14.7 Å². The molecule has 1 aliphatic rings. The summed E-state index contributed by atoms with van der Waals surface area (Å²) in [4.78, 5) is 23.9. The predicted octanol–water partition coefficient (Wildman–Crippen LogP) is 3.59. The Balaban J connectivity index is 2.22. The van der Waals surface area contributed by atoms with Crippen LogP contribution in [0.2, 0.25) is 0 Å². The van der Waals surface area contributed by atoms with Gasteiger partial charge in [0.25, 0.3) is 0 Å². The van der Waals surface area contributed by atoms with E-state index in [1.165, 1.54) is 0 Å². The quantitative estimate of drug-likeness (QED) is 0.838. The summed E-state index contributed by atoms with van der Waals surface area (Å²) >= 11 is 0. The van der Waals surface area contributed by atoms with E-state index in [0.29, 0.717) is 12.8 Å². The molecule has 1 aromatic carbocycles. The number of amides is 1. The number of hydrogen-bond donors (Lipinski definition) is 2. The van der Waals surface area contributed by atoms with Crippen molar-refractivity contribution >= 4 is 17.6 Å². The number of carboxylic acid groups (broad SMARTS) is 1. The van der Waals surface area contributed by atoms with Crippen LogP contribution in [0.1, 0.15) is 39.2 Å². The predicted molar refractivity (Wildman–Crippen MR) is 86.8 cm³/mol. The van der Waals surface area contributed by atoms with Gasteiger partial charge in [0.05, 0.1) is 11.8 Å². The maximum atomic E-state index is 12.6. The fourth-order valence-electron chi connectivity index (χ4n) is 2.85. The van der Waals surface area contributed by atoms with Crippen molar-refractivity contribution in [2.45, 2.75) is 39.0 Å². The molecule has 1 amide bonds. The second-order valence-corrected chi connectivity index (χ2v) is 6.78. The van der Waals surface area contributed by atoms with Gasteiger partial charge in [-0.3, -0.25) is 9.59 Å². The number of anilines is 1. The molecule has 0 aromatic heterocycles. The highest BCUT2D eigenvalue weighted by Gasteiger charge is 2.34. The van der Waals surface area contributed by atoms with Crippen LogP contribution >= 0.6 is 0 Å². The monoisotopic (exact) mass is 301 g/mol. The first kappa shape index (κ1) is 16.3. The second kappa shape index (κ2) is 6.34. The van der Waals surface area contributed by atoms with Gasteiger partial charge in [0.2, 0.25) is 5.91 Å². The van der Waals surface area contributed by atoms with Crippen LogP contribution in [0.5, 0.6) is 0 Å². The molecule has 2 rings (SSSR count). The number of benzene rings is 1. The van der Waals surface area contributed by atoms with E-state index in [2.05, 4.69) is 26.1 Å². The molecule has 4 nitrogen and oxygen atoms in total. The fraction of sp³-hybridized carbons (Fsp3) is 0.444. The van der Waals surface area contributed by atoms with E-state index < -0.39 is 17.8 Å². The number of aliphatic carboxylic acids is 1. The smallest absolute Gasteiger partial charge is 0.307 e. The van der Waals surface area contributed by atoms with Crippen LogP contribution in [0.15, 0.2) is 36.4 Å². The number of carbonyl (C=O) groups is 2. The number of carbonyl (C=O) groups excluding carboxylic acids is 1. The van der Waals surface area contributed by atoms with Crippen molar-refractivity contribution in [2.24, 2.45) is 11.8 Å². The third-order valence-electron chi connectivity index (χ3n) is 4.08. The Hall–Kier alpha value is -2.10. The molecule has 0 saturated carbocycles. The number of carboxylic acids is 1. The molecular weight excluding hydrogens is 278 g/mol. The highest BCUT2D eigenvalue weighted by atomic mass is 16.4. The van der Waals surface area contributed by atoms with Crippen LogP contribution in [0.4, 0.5) is 5.69 Å². The summed E-state index contributed by atoms with van der Waals surface area (Å²) < 4.78 is 0. The van der Waals surface area contributed by atoms with Gasteiger partial charge in [0.1, 0.15) is 0 Å². The lowest BCUT2D eigenvalue weighted by Crippen LogP contribution is -2.35. The van der Waals surface area contributed by atoms with Crippen LogP contribution in [0.3, 0.4) is 0 Å². The van der Waals surface area contributed by atoms with Gasteiger partial charge in [-0.05, 0) is 29.9 Å². The van der Waals surface area contributed by atoms with E-state index in [4.69, 9.17) is 0 Å². The van der Waals surface area contributed by atoms with Gasteiger partial charge in [-0.15, -0.1) is 0 Å². The van der Waals surface area contributed by atoms with Crippen molar-refractivity contribution in [2.75, 3.05) is 5.32 Å². The Morgan fingerprint density at radius 2 is 1.68 bits per heavy atom. The van der Waals surface area contributed by atoms with Crippen LogP contribution in [0.25, 0.3) is 0 Å². The third kappa shape index (κ3) is 3.56. The lowest BCUT2D eigenvalue weighted by atomic mass is 9.82. The number of rotatable bonds is 3. The first-order chi connectivity index (χ1) is 10.3. The average Bonchev–Trinajstić information content (AvgIpc) is 2.46. The Bertz CT molecular complexity index is 599. The molecule has 0 saturated heterocycles. The van der Waals surface area contributed by atoms with Gasteiger partial charge in [-0.1, -0.05) is 51.1 Å². The Morgan fingerprint density at radius 3 is 2.27 bits per heavy atom. The summed E-state index contributed by atoms with van der Waals surface area (Å²) in [5.41, 5.74) is 1.71. The lowest BCUT2D eigenvalue weighted by molar-refractivity contribution is -0.146. The highest BCUT2D eigenvalue weighted by molar-refractivity contribution is 5.96. The van der Waals surface area contributed by atoms with Crippen LogP contribution in [-0.2, 0) is 15.0 Å². The molecule has 4 heteroatoms. The molecule has 0 bridgehead atoms. The Kier molecular flexibility index (Phi) is 4.69. The van der Waals surface area contributed by atoms with Crippen molar-refractivity contribution < 1.29 is 14.7 Å². The summed E-state index contributed by atoms with van der Waals surface area (Å²) in [5.74, 6) is -2.29. The molecule has 0 heterocycles. The number of nitrogens with one attached hydrogen (secondary N) is 1. The van der Waals surface area contributed by atoms with Gasteiger partial charge < -0.3 is 10.4 Å². The third-order valence-corrected chi connectivity index (χ3v) is 4.08. The Labute approximate surface area is 131 Å². The zero-order chi connectivity index (χ0) is 16.3. The Morgan fingerprint density at radius 1 is 1.09 bits per heavy atom. The normalized spacial score (nSPS) is 21.4. The maximum absolute atomic E-state index is 12.6. The molecule has 0 fully saturated rings. The van der Waals surface area contributed by atoms with E-state index >= 15 is 0 Å². The zero-order valence-electron chi connectivity index (χ0n) is 13.3. The molecular formula is C18H23NO3. The van der Waals surface area contributed by atoms with Crippen molar-refractivity contribution in [3.63, 3.8) is 0 Å². The highest BCUT2D eigenvalue weighted by Crippen LogP contribution is 2.31. The molecule has 0 spiro atoms. The van der Waals surface area contributed by atoms with E-state index in [1.54, 1.807) is 0 Å². The largest absolute Gasteiger partial charge is 0.481 e. The van der Waals surface area contributed by atoms with Gasteiger partial charge in [0.15, 0.2) is 0 Å². The van der Waals surface area contributed by atoms with E-state index in [0.717, 1.165) is 11.3 Å².